The summed E-state index contributed by atoms with van der Waals surface area (Å²) in [6.45, 7) is 0. The molecule has 0 aliphatic heterocycles. The van der Waals surface area contributed by atoms with E-state index < -0.39 is 11.9 Å². The highest BCUT2D eigenvalue weighted by atomic mass is 35.5. The zero-order chi connectivity index (χ0) is 13.1. The van der Waals surface area contributed by atoms with E-state index >= 15 is 0 Å². The lowest BCUT2D eigenvalue weighted by Gasteiger charge is -2.19. The SMILES string of the molecule is NNC(c1ccccc1Cl)c1c(F)cccc1Cl. The molecule has 0 aliphatic carbocycles. The van der Waals surface area contributed by atoms with Crippen LogP contribution in [-0.4, -0.2) is 0 Å². The van der Waals surface area contributed by atoms with Gasteiger partial charge in [0.25, 0.3) is 0 Å². The van der Waals surface area contributed by atoms with Gasteiger partial charge in [0.05, 0.1) is 6.04 Å². The normalized spacial score (nSPS) is 12.4. The van der Waals surface area contributed by atoms with Gasteiger partial charge >= 0.3 is 0 Å². The van der Waals surface area contributed by atoms with E-state index in [9.17, 15) is 4.39 Å². The number of nitrogens with one attached hydrogen (secondary N) is 1. The molecule has 5 heteroatoms. The number of halogens is 3. The Morgan fingerprint density at radius 2 is 1.67 bits per heavy atom. The standard InChI is InChI=1S/C13H11Cl2FN2/c14-9-5-2-1-4-8(9)13(18-17)12-10(15)6-3-7-11(12)16/h1-7,13,18H,17H2. The van der Waals surface area contributed by atoms with Crippen LogP contribution in [0.25, 0.3) is 0 Å². The maximum Gasteiger partial charge on any atom is 0.129 e. The van der Waals surface area contributed by atoms with Crippen LogP contribution in [0.4, 0.5) is 4.39 Å². The second kappa shape index (κ2) is 5.67. The number of nitrogens with two attached hydrogens (primary N) is 1. The smallest absolute Gasteiger partial charge is 0.129 e. The predicted octanol–water partition coefficient (Wildman–Crippen LogP) is 3.69. The summed E-state index contributed by atoms with van der Waals surface area (Å²) in [7, 11) is 0. The van der Waals surface area contributed by atoms with E-state index in [1.807, 2.05) is 0 Å². The van der Waals surface area contributed by atoms with Crippen LogP contribution in [0, 0.1) is 5.82 Å². The van der Waals surface area contributed by atoms with E-state index in [1.54, 1.807) is 36.4 Å². The van der Waals surface area contributed by atoms with Crippen molar-refractivity contribution in [2.24, 2.45) is 5.84 Å². The first-order chi connectivity index (χ1) is 8.65. The summed E-state index contributed by atoms with van der Waals surface area (Å²) in [6.07, 6.45) is 0. The largest absolute Gasteiger partial charge is 0.271 e. The third kappa shape index (κ3) is 2.49. The summed E-state index contributed by atoms with van der Waals surface area (Å²) >= 11 is 12.1. The minimum atomic E-state index is -0.590. The van der Waals surface area contributed by atoms with E-state index in [0.717, 1.165) is 0 Å². The van der Waals surface area contributed by atoms with Crippen LogP contribution in [0.2, 0.25) is 10.0 Å². The van der Waals surface area contributed by atoms with Crippen molar-refractivity contribution in [1.82, 2.24) is 5.43 Å². The summed E-state index contributed by atoms with van der Waals surface area (Å²) in [5.74, 6) is 5.08. The van der Waals surface area contributed by atoms with Gasteiger partial charge in [0.15, 0.2) is 0 Å². The van der Waals surface area contributed by atoms with Crippen LogP contribution in [-0.2, 0) is 0 Å². The highest BCUT2D eigenvalue weighted by molar-refractivity contribution is 6.32. The minimum absolute atomic E-state index is 0.287. The Hall–Kier alpha value is -1.13. The van der Waals surface area contributed by atoms with Gasteiger partial charge in [0.1, 0.15) is 5.82 Å². The molecule has 0 saturated heterocycles. The fourth-order valence-electron chi connectivity index (χ4n) is 1.82. The molecule has 2 rings (SSSR count). The zero-order valence-electron chi connectivity index (χ0n) is 9.33. The third-order valence-corrected chi connectivity index (χ3v) is 3.35. The second-order valence-electron chi connectivity index (χ2n) is 3.76. The lowest BCUT2D eigenvalue weighted by molar-refractivity contribution is 0.560. The first-order valence-corrected chi connectivity index (χ1v) is 6.05. The summed E-state index contributed by atoms with van der Waals surface area (Å²) in [4.78, 5) is 0. The number of hydrogen-bond acceptors (Lipinski definition) is 2. The number of benzene rings is 2. The van der Waals surface area contributed by atoms with E-state index in [-0.39, 0.29) is 5.56 Å². The summed E-state index contributed by atoms with van der Waals surface area (Å²) < 4.78 is 13.9. The molecule has 3 N–H and O–H groups in total. The molecule has 0 fully saturated rings. The first-order valence-electron chi connectivity index (χ1n) is 5.29. The van der Waals surface area contributed by atoms with Crippen LogP contribution in [0.5, 0.6) is 0 Å². The van der Waals surface area contributed by atoms with Gasteiger partial charge in [-0.1, -0.05) is 47.5 Å². The van der Waals surface area contributed by atoms with E-state index in [0.29, 0.717) is 15.6 Å². The number of rotatable bonds is 3. The molecule has 0 aliphatic rings. The summed E-state index contributed by atoms with van der Waals surface area (Å²) in [6, 6.07) is 11.0. The molecule has 0 aromatic heterocycles. The van der Waals surface area contributed by atoms with Crippen LogP contribution in [0.15, 0.2) is 42.5 Å². The van der Waals surface area contributed by atoms with Crippen molar-refractivity contribution in [1.29, 1.82) is 0 Å². The second-order valence-corrected chi connectivity index (χ2v) is 4.57. The number of hydrogen-bond donors (Lipinski definition) is 2. The predicted molar refractivity (Wildman–Crippen MR) is 72.0 cm³/mol. The highest BCUT2D eigenvalue weighted by Crippen LogP contribution is 2.33. The van der Waals surface area contributed by atoms with Crippen LogP contribution in [0.1, 0.15) is 17.2 Å². The summed E-state index contributed by atoms with van der Waals surface area (Å²) in [5, 5.41) is 0.803. The van der Waals surface area contributed by atoms with Crippen LogP contribution >= 0.6 is 23.2 Å². The maximum absolute atomic E-state index is 13.9. The molecule has 0 amide bonds. The monoisotopic (exact) mass is 284 g/mol. The van der Waals surface area contributed by atoms with Crippen molar-refractivity contribution in [3.05, 3.63) is 69.5 Å². The minimum Gasteiger partial charge on any atom is -0.271 e. The zero-order valence-corrected chi connectivity index (χ0v) is 10.8. The molecule has 2 aromatic rings. The molecule has 0 bridgehead atoms. The molecule has 94 valence electrons. The van der Waals surface area contributed by atoms with Gasteiger partial charge in [-0.15, -0.1) is 0 Å². The van der Waals surface area contributed by atoms with E-state index in [2.05, 4.69) is 5.43 Å². The van der Waals surface area contributed by atoms with Crippen LogP contribution in [0.3, 0.4) is 0 Å². The highest BCUT2D eigenvalue weighted by Gasteiger charge is 2.21. The van der Waals surface area contributed by atoms with Crippen molar-refractivity contribution >= 4 is 23.2 Å². The fraction of sp³-hybridized carbons (Fsp3) is 0.0769. The lowest BCUT2D eigenvalue weighted by atomic mass is 9.98. The van der Waals surface area contributed by atoms with Crippen molar-refractivity contribution < 1.29 is 4.39 Å². The molecule has 0 spiro atoms. The van der Waals surface area contributed by atoms with Crippen molar-refractivity contribution in [3.8, 4) is 0 Å². The van der Waals surface area contributed by atoms with Gasteiger partial charge in [-0.2, -0.15) is 0 Å². The molecule has 0 heterocycles. The lowest BCUT2D eigenvalue weighted by Crippen LogP contribution is -2.30. The molecule has 1 atom stereocenters. The quantitative estimate of drug-likeness (QED) is 0.666. The maximum atomic E-state index is 13.9. The molecule has 0 radical (unpaired) electrons. The van der Waals surface area contributed by atoms with E-state index in [4.69, 9.17) is 29.0 Å². The van der Waals surface area contributed by atoms with Gasteiger partial charge < -0.3 is 0 Å². The first kappa shape index (κ1) is 13.3. The van der Waals surface area contributed by atoms with Crippen molar-refractivity contribution in [3.63, 3.8) is 0 Å². The Morgan fingerprint density at radius 1 is 1.00 bits per heavy atom. The Bertz CT molecular complexity index is 540. The fourth-order valence-corrected chi connectivity index (χ4v) is 2.34. The molecular weight excluding hydrogens is 274 g/mol. The average molecular weight is 285 g/mol. The van der Waals surface area contributed by atoms with Gasteiger partial charge in [0, 0.05) is 15.6 Å². The van der Waals surface area contributed by atoms with Crippen molar-refractivity contribution in [2.75, 3.05) is 0 Å². The Balaban J connectivity index is 2.56. The Kier molecular flexibility index (Phi) is 4.19. The Morgan fingerprint density at radius 3 is 2.28 bits per heavy atom. The van der Waals surface area contributed by atoms with Gasteiger partial charge in [-0.25, -0.2) is 9.82 Å². The van der Waals surface area contributed by atoms with Crippen LogP contribution < -0.4 is 11.3 Å². The summed E-state index contributed by atoms with van der Waals surface area (Å²) in [5.41, 5.74) is 3.51. The van der Waals surface area contributed by atoms with Crippen molar-refractivity contribution in [2.45, 2.75) is 6.04 Å². The molecule has 2 aromatic carbocycles. The molecule has 2 nitrogen and oxygen atoms in total. The molecule has 18 heavy (non-hydrogen) atoms. The third-order valence-electron chi connectivity index (χ3n) is 2.67. The average Bonchev–Trinajstić information content (AvgIpc) is 2.35. The van der Waals surface area contributed by atoms with Gasteiger partial charge in [0.2, 0.25) is 0 Å². The molecule has 1 unspecified atom stereocenters. The molecule has 0 saturated carbocycles. The van der Waals surface area contributed by atoms with Gasteiger partial charge in [-0.05, 0) is 23.8 Å². The van der Waals surface area contributed by atoms with Gasteiger partial charge in [-0.3, -0.25) is 5.84 Å². The van der Waals surface area contributed by atoms with E-state index in [1.165, 1.54) is 6.07 Å². The topological polar surface area (TPSA) is 38.0 Å². The Labute approximate surface area is 114 Å². The number of hydrazine groups is 1. The molecular formula is C13H11Cl2FN2.